The van der Waals surface area contributed by atoms with Crippen molar-refractivity contribution in [2.75, 3.05) is 7.11 Å². The third-order valence-corrected chi connectivity index (χ3v) is 4.87. The number of hydrogen-bond donors (Lipinski definition) is 0. The summed E-state index contributed by atoms with van der Waals surface area (Å²) in [5, 5.41) is 1.91. The number of carbonyl (C=O) groups excluding carboxylic acids is 1. The molecule has 2 aromatic carbocycles. The lowest BCUT2D eigenvalue weighted by molar-refractivity contribution is 0.101. The SMILES string of the molecule is COc1c(C)c2c3c(cc(I)cc3c1C(C)=O)C(C)=C(C)O2. The molecule has 0 bridgehead atoms. The molecule has 0 aliphatic carbocycles. The van der Waals surface area contributed by atoms with Crippen LogP contribution in [-0.2, 0) is 0 Å². The lowest BCUT2D eigenvalue weighted by Crippen LogP contribution is -2.09. The van der Waals surface area contributed by atoms with Gasteiger partial charge < -0.3 is 9.47 Å². The second-order valence-electron chi connectivity index (χ2n) is 5.58. The second-order valence-corrected chi connectivity index (χ2v) is 6.82. The molecule has 0 radical (unpaired) electrons. The molecule has 1 aliphatic rings. The van der Waals surface area contributed by atoms with E-state index in [1.54, 1.807) is 14.0 Å². The first-order valence-electron chi connectivity index (χ1n) is 7.07. The molecule has 0 amide bonds. The number of methoxy groups -OCH3 is 1. The molecule has 0 saturated heterocycles. The second kappa shape index (κ2) is 5.26. The van der Waals surface area contributed by atoms with Gasteiger partial charge in [-0.15, -0.1) is 0 Å². The Bertz CT molecular complexity index is 863. The zero-order valence-electron chi connectivity index (χ0n) is 13.3. The maximum Gasteiger partial charge on any atom is 0.164 e. The molecule has 2 aromatic rings. The summed E-state index contributed by atoms with van der Waals surface area (Å²) in [5.74, 6) is 2.29. The highest BCUT2D eigenvalue weighted by Crippen LogP contribution is 2.47. The first-order chi connectivity index (χ1) is 10.4. The van der Waals surface area contributed by atoms with Gasteiger partial charge >= 0.3 is 0 Å². The third kappa shape index (κ3) is 2.04. The van der Waals surface area contributed by atoms with Crippen LogP contribution in [0.1, 0.15) is 42.3 Å². The highest BCUT2D eigenvalue weighted by Gasteiger charge is 2.27. The van der Waals surface area contributed by atoms with Gasteiger partial charge in [-0.2, -0.15) is 0 Å². The fraction of sp³-hybridized carbons (Fsp3) is 0.278. The average molecular weight is 408 g/mol. The first kappa shape index (κ1) is 15.3. The van der Waals surface area contributed by atoms with Crippen LogP contribution in [0.25, 0.3) is 16.3 Å². The number of ketones is 1. The maximum absolute atomic E-state index is 12.2. The van der Waals surface area contributed by atoms with E-state index in [9.17, 15) is 4.79 Å². The fourth-order valence-electron chi connectivity index (χ4n) is 3.10. The number of Topliss-reactive ketones (excluding diaryl/α,β-unsaturated/α-hetero) is 1. The summed E-state index contributed by atoms with van der Waals surface area (Å²) >= 11 is 2.29. The van der Waals surface area contributed by atoms with Crippen molar-refractivity contribution in [3.63, 3.8) is 0 Å². The Morgan fingerprint density at radius 3 is 2.50 bits per heavy atom. The average Bonchev–Trinajstić information content (AvgIpc) is 2.46. The molecular weight excluding hydrogens is 391 g/mol. The minimum atomic E-state index is 0.00313. The van der Waals surface area contributed by atoms with Crippen molar-refractivity contribution in [1.29, 1.82) is 0 Å². The Labute approximate surface area is 143 Å². The molecule has 3 rings (SSSR count). The van der Waals surface area contributed by atoms with E-state index in [-0.39, 0.29) is 5.78 Å². The molecule has 0 fully saturated rings. The molecule has 0 spiro atoms. The molecule has 3 nitrogen and oxygen atoms in total. The lowest BCUT2D eigenvalue weighted by Gasteiger charge is -2.25. The summed E-state index contributed by atoms with van der Waals surface area (Å²) in [7, 11) is 1.60. The van der Waals surface area contributed by atoms with Crippen molar-refractivity contribution in [2.45, 2.75) is 27.7 Å². The highest BCUT2D eigenvalue weighted by molar-refractivity contribution is 14.1. The van der Waals surface area contributed by atoms with E-state index in [0.29, 0.717) is 11.3 Å². The standard InChI is InChI=1S/C18H17IO3/c1-8-11(4)22-18-9(2)17(21-5)15(10(3)20)14-7-12(19)6-13(8)16(14)18/h6-7H,1-5H3. The summed E-state index contributed by atoms with van der Waals surface area (Å²) < 4.78 is 12.7. The molecule has 4 heteroatoms. The molecule has 0 saturated carbocycles. The van der Waals surface area contributed by atoms with E-state index in [4.69, 9.17) is 9.47 Å². The van der Waals surface area contributed by atoms with Crippen LogP contribution >= 0.6 is 22.6 Å². The van der Waals surface area contributed by atoms with E-state index in [0.717, 1.165) is 42.6 Å². The number of hydrogen-bond acceptors (Lipinski definition) is 3. The molecular formula is C18H17IO3. The Balaban J connectivity index is 2.61. The van der Waals surface area contributed by atoms with Gasteiger partial charge in [0.25, 0.3) is 0 Å². The van der Waals surface area contributed by atoms with Gasteiger partial charge in [-0.3, -0.25) is 4.79 Å². The fourth-order valence-corrected chi connectivity index (χ4v) is 3.72. The highest BCUT2D eigenvalue weighted by atomic mass is 127. The lowest BCUT2D eigenvalue weighted by atomic mass is 9.89. The quantitative estimate of drug-likeness (QED) is 0.512. The predicted octanol–water partition coefficient (Wildman–Crippen LogP) is 5.11. The summed E-state index contributed by atoms with van der Waals surface area (Å²) in [6.45, 7) is 7.54. The molecule has 0 N–H and O–H groups in total. The number of allylic oxidation sites excluding steroid dienone is 2. The van der Waals surface area contributed by atoms with E-state index >= 15 is 0 Å². The van der Waals surface area contributed by atoms with Gasteiger partial charge in [-0.25, -0.2) is 0 Å². The largest absolute Gasteiger partial charge is 0.496 e. The smallest absolute Gasteiger partial charge is 0.164 e. The zero-order valence-corrected chi connectivity index (χ0v) is 15.4. The van der Waals surface area contributed by atoms with Crippen molar-refractivity contribution in [2.24, 2.45) is 0 Å². The van der Waals surface area contributed by atoms with Gasteiger partial charge in [0.05, 0.1) is 12.7 Å². The van der Waals surface area contributed by atoms with Gasteiger partial charge in [0.15, 0.2) is 5.78 Å². The molecule has 0 unspecified atom stereocenters. The Morgan fingerprint density at radius 2 is 1.91 bits per heavy atom. The van der Waals surface area contributed by atoms with E-state index in [1.807, 2.05) is 19.9 Å². The van der Waals surface area contributed by atoms with Crippen molar-refractivity contribution in [3.05, 3.63) is 38.2 Å². The van der Waals surface area contributed by atoms with Crippen LogP contribution < -0.4 is 9.47 Å². The van der Waals surface area contributed by atoms with E-state index in [1.165, 1.54) is 0 Å². The van der Waals surface area contributed by atoms with Crippen LogP contribution in [0.5, 0.6) is 11.5 Å². The van der Waals surface area contributed by atoms with Crippen molar-refractivity contribution >= 4 is 44.7 Å². The molecule has 114 valence electrons. The van der Waals surface area contributed by atoms with Crippen LogP contribution in [0.2, 0.25) is 0 Å². The first-order valence-corrected chi connectivity index (χ1v) is 8.15. The van der Waals surface area contributed by atoms with Crippen LogP contribution in [0, 0.1) is 10.5 Å². The predicted molar refractivity (Wildman–Crippen MR) is 96.9 cm³/mol. The topological polar surface area (TPSA) is 35.5 Å². The molecule has 0 atom stereocenters. The van der Waals surface area contributed by atoms with Crippen molar-refractivity contribution < 1.29 is 14.3 Å². The summed E-state index contributed by atoms with van der Waals surface area (Å²) in [5.41, 5.74) is 3.74. The molecule has 22 heavy (non-hydrogen) atoms. The Hall–Kier alpha value is -1.56. The number of rotatable bonds is 2. The summed E-state index contributed by atoms with van der Waals surface area (Å²) in [6, 6.07) is 4.17. The summed E-state index contributed by atoms with van der Waals surface area (Å²) in [4.78, 5) is 12.2. The van der Waals surface area contributed by atoms with Gasteiger partial charge in [-0.05, 0) is 73.6 Å². The normalized spacial score (nSPS) is 13.4. The number of ether oxygens (including phenoxy) is 2. The van der Waals surface area contributed by atoms with Crippen LogP contribution in [0.4, 0.5) is 0 Å². The third-order valence-electron chi connectivity index (χ3n) is 4.25. The van der Waals surface area contributed by atoms with Gasteiger partial charge in [0.2, 0.25) is 0 Å². The van der Waals surface area contributed by atoms with Gasteiger partial charge in [0.1, 0.15) is 17.3 Å². The molecule has 1 aliphatic heterocycles. The van der Waals surface area contributed by atoms with Crippen molar-refractivity contribution in [3.8, 4) is 11.5 Å². The van der Waals surface area contributed by atoms with Gasteiger partial charge in [0, 0.05) is 19.9 Å². The Morgan fingerprint density at radius 1 is 1.23 bits per heavy atom. The van der Waals surface area contributed by atoms with Crippen LogP contribution in [0.15, 0.2) is 17.9 Å². The minimum Gasteiger partial charge on any atom is -0.496 e. The van der Waals surface area contributed by atoms with Crippen LogP contribution in [0.3, 0.4) is 0 Å². The Kier molecular flexibility index (Phi) is 3.67. The summed E-state index contributed by atoms with van der Waals surface area (Å²) in [6.07, 6.45) is 0. The van der Waals surface area contributed by atoms with E-state index in [2.05, 4.69) is 35.6 Å². The number of carbonyl (C=O) groups is 1. The monoisotopic (exact) mass is 408 g/mol. The van der Waals surface area contributed by atoms with E-state index < -0.39 is 0 Å². The number of benzene rings is 2. The molecule has 0 aromatic heterocycles. The zero-order chi connectivity index (χ0) is 16.2. The minimum absolute atomic E-state index is 0.00313. The number of halogens is 1. The van der Waals surface area contributed by atoms with Crippen LogP contribution in [-0.4, -0.2) is 12.9 Å². The van der Waals surface area contributed by atoms with Crippen molar-refractivity contribution in [1.82, 2.24) is 0 Å². The maximum atomic E-state index is 12.2. The van der Waals surface area contributed by atoms with Gasteiger partial charge in [-0.1, -0.05) is 0 Å². The molecule has 1 heterocycles.